The molecule has 28 heavy (non-hydrogen) atoms. The minimum absolute atomic E-state index is 0.0604. The highest BCUT2D eigenvalue weighted by Crippen LogP contribution is 2.22. The first-order valence-electron chi connectivity index (χ1n) is 9.47. The van der Waals surface area contributed by atoms with Crippen LogP contribution in [0.2, 0.25) is 5.02 Å². The summed E-state index contributed by atoms with van der Waals surface area (Å²) in [5, 5.41) is 6.36. The highest BCUT2D eigenvalue weighted by Gasteiger charge is 2.31. The highest BCUT2D eigenvalue weighted by atomic mass is 35.5. The molecule has 1 saturated heterocycles. The molecule has 0 saturated carbocycles. The van der Waals surface area contributed by atoms with E-state index >= 15 is 0 Å². The van der Waals surface area contributed by atoms with Gasteiger partial charge < -0.3 is 10.6 Å². The lowest BCUT2D eigenvalue weighted by Gasteiger charge is -2.35. The van der Waals surface area contributed by atoms with Crippen molar-refractivity contribution in [2.75, 3.05) is 23.7 Å². The van der Waals surface area contributed by atoms with Crippen LogP contribution in [0.1, 0.15) is 25.3 Å². The molecule has 1 aromatic heterocycles. The van der Waals surface area contributed by atoms with E-state index in [0.29, 0.717) is 17.4 Å². The van der Waals surface area contributed by atoms with Crippen molar-refractivity contribution in [2.45, 2.75) is 32.7 Å². The second-order valence-electron chi connectivity index (χ2n) is 7.17. The Hall–Kier alpha value is -2.44. The number of anilines is 2. The Labute approximate surface area is 170 Å². The van der Waals surface area contributed by atoms with Gasteiger partial charge in [0, 0.05) is 18.4 Å². The molecular weight excluding hydrogens is 376 g/mol. The SMILES string of the molecule is Cc1ccccc1NC(=O)C(C)N1CCCC(C(=O)Nc2ccc(Cl)cn2)C1. The number of benzene rings is 1. The number of nitrogens with zero attached hydrogens (tertiary/aromatic N) is 2. The predicted octanol–water partition coefficient (Wildman–Crippen LogP) is 3.72. The summed E-state index contributed by atoms with van der Waals surface area (Å²) in [6, 6.07) is 10.8. The van der Waals surface area contributed by atoms with Crippen molar-refractivity contribution in [1.29, 1.82) is 0 Å². The second-order valence-corrected chi connectivity index (χ2v) is 7.60. The number of rotatable bonds is 5. The lowest BCUT2D eigenvalue weighted by atomic mass is 9.95. The normalized spacial score (nSPS) is 18.3. The van der Waals surface area contributed by atoms with E-state index in [1.165, 1.54) is 6.20 Å². The Morgan fingerprint density at radius 1 is 1.21 bits per heavy atom. The van der Waals surface area contributed by atoms with Crippen LogP contribution in [-0.4, -0.2) is 40.8 Å². The van der Waals surface area contributed by atoms with E-state index in [9.17, 15) is 9.59 Å². The van der Waals surface area contributed by atoms with Crippen LogP contribution in [0.4, 0.5) is 11.5 Å². The van der Waals surface area contributed by atoms with Gasteiger partial charge >= 0.3 is 0 Å². The van der Waals surface area contributed by atoms with Gasteiger partial charge in [0.05, 0.1) is 17.0 Å². The number of hydrogen-bond donors (Lipinski definition) is 2. The monoisotopic (exact) mass is 400 g/mol. The smallest absolute Gasteiger partial charge is 0.241 e. The fourth-order valence-electron chi connectivity index (χ4n) is 3.37. The van der Waals surface area contributed by atoms with Gasteiger partial charge in [-0.15, -0.1) is 0 Å². The average molecular weight is 401 g/mol. The molecule has 2 N–H and O–H groups in total. The third-order valence-corrected chi connectivity index (χ3v) is 5.36. The largest absolute Gasteiger partial charge is 0.324 e. The second kappa shape index (κ2) is 9.17. The van der Waals surface area contributed by atoms with E-state index in [0.717, 1.165) is 30.6 Å². The number of carbonyl (C=O) groups excluding carboxylic acids is 2. The van der Waals surface area contributed by atoms with Crippen LogP contribution in [0.25, 0.3) is 0 Å². The maximum Gasteiger partial charge on any atom is 0.241 e. The zero-order chi connectivity index (χ0) is 20.1. The van der Waals surface area contributed by atoms with Gasteiger partial charge in [-0.3, -0.25) is 14.5 Å². The predicted molar refractivity (Wildman–Crippen MR) is 111 cm³/mol. The number of halogens is 1. The summed E-state index contributed by atoms with van der Waals surface area (Å²) in [4.78, 5) is 31.5. The van der Waals surface area contributed by atoms with Crippen LogP contribution >= 0.6 is 11.6 Å². The molecule has 7 heteroatoms. The summed E-state index contributed by atoms with van der Waals surface area (Å²) < 4.78 is 0. The molecule has 0 radical (unpaired) electrons. The van der Waals surface area contributed by atoms with E-state index in [2.05, 4.69) is 20.5 Å². The Kier molecular flexibility index (Phi) is 6.65. The van der Waals surface area contributed by atoms with Gasteiger partial charge in [-0.2, -0.15) is 0 Å². The molecule has 1 aromatic carbocycles. The molecule has 2 aromatic rings. The van der Waals surface area contributed by atoms with Gasteiger partial charge in [-0.1, -0.05) is 29.8 Å². The van der Waals surface area contributed by atoms with E-state index < -0.39 is 0 Å². The Balaban J connectivity index is 1.58. The third-order valence-electron chi connectivity index (χ3n) is 5.13. The zero-order valence-corrected chi connectivity index (χ0v) is 16.9. The Morgan fingerprint density at radius 2 is 2.00 bits per heavy atom. The number of aryl methyl sites for hydroxylation is 1. The van der Waals surface area contributed by atoms with E-state index in [-0.39, 0.29) is 23.8 Å². The quantitative estimate of drug-likeness (QED) is 0.802. The average Bonchev–Trinajstić information content (AvgIpc) is 2.71. The molecule has 2 unspecified atom stereocenters. The van der Waals surface area contributed by atoms with Gasteiger partial charge in [-0.25, -0.2) is 4.98 Å². The van der Waals surface area contributed by atoms with E-state index in [4.69, 9.17) is 11.6 Å². The summed E-state index contributed by atoms with van der Waals surface area (Å²) in [7, 11) is 0. The summed E-state index contributed by atoms with van der Waals surface area (Å²) in [6.07, 6.45) is 3.17. The van der Waals surface area contributed by atoms with Crippen LogP contribution in [-0.2, 0) is 9.59 Å². The van der Waals surface area contributed by atoms with Gasteiger partial charge in [0.15, 0.2) is 0 Å². The lowest BCUT2D eigenvalue weighted by Crippen LogP contribution is -2.49. The lowest BCUT2D eigenvalue weighted by molar-refractivity contribution is -0.125. The molecule has 2 heterocycles. The molecule has 2 atom stereocenters. The molecular formula is C21H25ClN4O2. The number of nitrogens with one attached hydrogen (secondary N) is 2. The fraction of sp³-hybridized carbons (Fsp3) is 0.381. The first-order valence-corrected chi connectivity index (χ1v) is 9.85. The molecule has 1 aliphatic rings. The van der Waals surface area contributed by atoms with Crippen LogP contribution in [0.15, 0.2) is 42.6 Å². The Bertz CT molecular complexity index is 841. The van der Waals surface area contributed by atoms with E-state index in [1.54, 1.807) is 12.1 Å². The number of hydrogen-bond acceptors (Lipinski definition) is 4. The van der Waals surface area contributed by atoms with Crippen molar-refractivity contribution in [1.82, 2.24) is 9.88 Å². The van der Waals surface area contributed by atoms with Gasteiger partial charge in [0.25, 0.3) is 0 Å². The van der Waals surface area contributed by atoms with Crippen LogP contribution in [0.5, 0.6) is 0 Å². The standard InChI is InChI=1S/C21H25ClN4O2/c1-14-6-3-4-8-18(14)24-20(27)15(2)26-11-5-7-16(13-26)21(28)25-19-10-9-17(22)12-23-19/h3-4,6,8-10,12,15-16H,5,7,11,13H2,1-2H3,(H,24,27)(H,23,25,28). The third kappa shape index (κ3) is 5.09. The first-order chi connectivity index (χ1) is 13.4. The molecule has 2 amide bonds. The maximum absolute atomic E-state index is 12.7. The zero-order valence-electron chi connectivity index (χ0n) is 16.1. The minimum Gasteiger partial charge on any atom is -0.324 e. The number of pyridine rings is 1. The molecule has 0 aliphatic carbocycles. The number of amides is 2. The number of aromatic nitrogens is 1. The number of carbonyl (C=O) groups is 2. The van der Waals surface area contributed by atoms with Gasteiger partial charge in [-0.05, 0) is 57.0 Å². The summed E-state index contributed by atoms with van der Waals surface area (Å²) in [6.45, 7) is 5.19. The minimum atomic E-state index is -0.316. The first kappa shape index (κ1) is 20.3. The van der Waals surface area contributed by atoms with Crippen molar-refractivity contribution in [3.63, 3.8) is 0 Å². The van der Waals surface area contributed by atoms with E-state index in [1.807, 2.05) is 38.1 Å². The Morgan fingerprint density at radius 3 is 2.71 bits per heavy atom. The maximum atomic E-state index is 12.7. The van der Waals surface area contributed by atoms with Crippen molar-refractivity contribution in [2.24, 2.45) is 5.92 Å². The van der Waals surface area contributed by atoms with Crippen molar-refractivity contribution >= 4 is 34.9 Å². The number of likely N-dealkylation sites (tertiary alicyclic amines) is 1. The number of piperidine rings is 1. The molecule has 6 nitrogen and oxygen atoms in total. The molecule has 1 aliphatic heterocycles. The van der Waals surface area contributed by atoms with Crippen LogP contribution in [0.3, 0.4) is 0 Å². The molecule has 148 valence electrons. The summed E-state index contributed by atoms with van der Waals surface area (Å²) >= 11 is 5.83. The highest BCUT2D eigenvalue weighted by molar-refractivity contribution is 6.30. The molecule has 0 spiro atoms. The van der Waals surface area contributed by atoms with Gasteiger partial charge in [0.1, 0.15) is 5.82 Å². The van der Waals surface area contributed by atoms with Gasteiger partial charge in [0.2, 0.25) is 11.8 Å². The molecule has 0 bridgehead atoms. The fourth-order valence-corrected chi connectivity index (χ4v) is 3.48. The molecule has 1 fully saturated rings. The number of para-hydroxylation sites is 1. The van der Waals surface area contributed by atoms with Crippen molar-refractivity contribution in [3.8, 4) is 0 Å². The molecule has 3 rings (SSSR count). The van der Waals surface area contributed by atoms with Crippen LogP contribution in [0, 0.1) is 12.8 Å². The summed E-state index contributed by atoms with van der Waals surface area (Å²) in [5.74, 6) is 0.164. The summed E-state index contributed by atoms with van der Waals surface area (Å²) in [5.41, 5.74) is 1.84. The van der Waals surface area contributed by atoms with Crippen LogP contribution < -0.4 is 10.6 Å². The van der Waals surface area contributed by atoms with Crippen molar-refractivity contribution in [3.05, 3.63) is 53.2 Å². The topological polar surface area (TPSA) is 74.3 Å². The van der Waals surface area contributed by atoms with Crippen molar-refractivity contribution < 1.29 is 9.59 Å².